The van der Waals surface area contributed by atoms with E-state index in [0.717, 1.165) is 20.0 Å². The molecule has 0 bridgehead atoms. The van der Waals surface area contributed by atoms with Crippen LogP contribution in [0.1, 0.15) is 11.3 Å². The second kappa shape index (κ2) is 6.86. The first-order valence-electron chi connectivity index (χ1n) is 7.34. The van der Waals surface area contributed by atoms with Crippen LogP contribution in [0.4, 0.5) is 0 Å². The van der Waals surface area contributed by atoms with Crippen LogP contribution in [0.15, 0.2) is 24.3 Å². The lowest BCUT2D eigenvalue weighted by Crippen LogP contribution is -2.55. The Balaban J connectivity index is 1.84. The van der Waals surface area contributed by atoms with Crippen LogP contribution in [0.2, 0.25) is 5.02 Å². The maximum Gasteiger partial charge on any atom is 0.307 e. The highest BCUT2D eigenvalue weighted by molar-refractivity contribution is 7.19. The summed E-state index contributed by atoms with van der Waals surface area (Å²) in [5, 5.41) is 4.56. The highest BCUT2D eigenvalue weighted by Crippen LogP contribution is 2.36. The molecule has 0 spiro atoms. The number of fused-ring (bicyclic) bond motifs is 1. The van der Waals surface area contributed by atoms with Crippen molar-refractivity contribution in [2.75, 3.05) is 20.2 Å². The molecule has 1 amide bonds. The summed E-state index contributed by atoms with van der Waals surface area (Å²) in [6.07, 6.45) is 0.0465. The third-order valence-corrected chi connectivity index (χ3v) is 5.68. The van der Waals surface area contributed by atoms with Gasteiger partial charge < -0.3 is 10.1 Å². The van der Waals surface area contributed by atoms with Gasteiger partial charge in [-0.25, -0.2) is 0 Å². The predicted octanol–water partition coefficient (Wildman–Crippen LogP) is 2.42. The topological polar surface area (TPSA) is 58.6 Å². The molecule has 1 aliphatic heterocycles. The third-order valence-electron chi connectivity index (χ3n) is 3.98. The highest BCUT2D eigenvalue weighted by Gasteiger charge is 2.32. The van der Waals surface area contributed by atoms with Crippen molar-refractivity contribution in [3.63, 3.8) is 0 Å². The van der Waals surface area contributed by atoms with E-state index in [2.05, 4.69) is 5.32 Å². The Kier molecular flexibility index (Phi) is 4.84. The molecule has 2 heterocycles. The second-order valence-corrected chi connectivity index (χ2v) is 6.91. The molecule has 1 aromatic heterocycles. The van der Waals surface area contributed by atoms with Crippen molar-refractivity contribution < 1.29 is 14.3 Å². The number of carbonyl (C=O) groups excluding carboxylic acids is 2. The molecule has 1 atom stereocenters. The summed E-state index contributed by atoms with van der Waals surface area (Å²) in [5.74, 6) is -0.529. The summed E-state index contributed by atoms with van der Waals surface area (Å²) >= 11 is 8.11. The average Bonchev–Trinajstić information content (AvgIpc) is 2.87. The molecule has 0 aliphatic carbocycles. The van der Waals surface area contributed by atoms with Gasteiger partial charge in [-0.3, -0.25) is 14.5 Å². The largest absolute Gasteiger partial charge is 0.469 e. The van der Waals surface area contributed by atoms with Gasteiger partial charge in [-0.15, -0.1) is 11.3 Å². The van der Waals surface area contributed by atoms with E-state index in [9.17, 15) is 9.59 Å². The van der Waals surface area contributed by atoms with Crippen LogP contribution in [-0.4, -0.2) is 43.0 Å². The fraction of sp³-hybridized carbons (Fsp3) is 0.375. The quantitative estimate of drug-likeness (QED) is 0.858. The zero-order valence-electron chi connectivity index (χ0n) is 12.7. The second-order valence-electron chi connectivity index (χ2n) is 5.39. The predicted molar refractivity (Wildman–Crippen MR) is 90.7 cm³/mol. The van der Waals surface area contributed by atoms with Gasteiger partial charge in [0.1, 0.15) is 6.04 Å². The lowest BCUT2D eigenvalue weighted by molar-refractivity contribution is -0.146. The van der Waals surface area contributed by atoms with Crippen molar-refractivity contribution in [3.05, 3.63) is 34.2 Å². The first-order chi connectivity index (χ1) is 11.1. The van der Waals surface area contributed by atoms with Crippen LogP contribution >= 0.6 is 22.9 Å². The standard InChI is InChI=1S/C16H17ClN2O3S/c1-22-14(20)8-11-16(21)18-6-7-19(11)9-13-15(17)10-4-2-3-5-12(10)23-13/h2-5,11H,6-9H2,1H3,(H,18,21)/t11-/m0/s1. The molecule has 0 radical (unpaired) electrons. The van der Waals surface area contributed by atoms with E-state index < -0.39 is 6.04 Å². The molecule has 122 valence electrons. The number of hydrogen-bond acceptors (Lipinski definition) is 5. The van der Waals surface area contributed by atoms with Gasteiger partial charge >= 0.3 is 5.97 Å². The van der Waals surface area contributed by atoms with Gasteiger partial charge in [0, 0.05) is 34.6 Å². The Hall–Kier alpha value is -1.63. The first kappa shape index (κ1) is 16.2. The molecule has 1 aromatic carbocycles. The number of amides is 1. The first-order valence-corrected chi connectivity index (χ1v) is 8.54. The van der Waals surface area contributed by atoms with Crippen LogP contribution < -0.4 is 5.32 Å². The van der Waals surface area contributed by atoms with Gasteiger partial charge in [-0.1, -0.05) is 29.8 Å². The smallest absolute Gasteiger partial charge is 0.307 e. The number of esters is 1. The van der Waals surface area contributed by atoms with Gasteiger partial charge in [0.25, 0.3) is 0 Å². The Morgan fingerprint density at radius 3 is 3.00 bits per heavy atom. The SMILES string of the molecule is COC(=O)C[C@H]1C(=O)NCCN1Cc1sc2ccccc2c1Cl. The number of carbonyl (C=O) groups is 2. The summed E-state index contributed by atoms with van der Waals surface area (Å²) in [6.45, 7) is 1.80. The highest BCUT2D eigenvalue weighted by atomic mass is 35.5. The van der Waals surface area contributed by atoms with Crippen LogP contribution in [0, 0.1) is 0 Å². The number of piperazine rings is 1. The van der Waals surface area contributed by atoms with Gasteiger partial charge in [0.05, 0.1) is 18.6 Å². The number of nitrogens with one attached hydrogen (secondary N) is 1. The zero-order chi connectivity index (χ0) is 16.4. The number of ether oxygens (including phenoxy) is 1. The van der Waals surface area contributed by atoms with E-state index in [1.54, 1.807) is 11.3 Å². The molecule has 7 heteroatoms. The Bertz CT molecular complexity index is 746. The van der Waals surface area contributed by atoms with E-state index in [1.807, 2.05) is 29.2 Å². The minimum atomic E-state index is -0.516. The van der Waals surface area contributed by atoms with Crippen molar-refractivity contribution in [2.45, 2.75) is 19.0 Å². The van der Waals surface area contributed by atoms with Gasteiger partial charge in [0.15, 0.2) is 0 Å². The van der Waals surface area contributed by atoms with Crippen LogP contribution in [0.25, 0.3) is 10.1 Å². The number of nitrogens with zero attached hydrogens (tertiary/aromatic N) is 1. The maximum absolute atomic E-state index is 12.1. The molecule has 0 unspecified atom stereocenters. The summed E-state index contributed by atoms with van der Waals surface area (Å²) in [4.78, 5) is 26.7. The van der Waals surface area contributed by atoms with E-state index in [-0.39, 0.29) is 18.3 Å². The number of rotatable bonds is 4. The number of methoxy groups -OCH3 is 1. The van der Waals surface area contributed by atoms with Crippen LogP contribution in [0.3, 0.4) is 0 Å². The fourth-order valence-electron chi connectivity index (χ4n) is 2.77. The van der Waals surface area contributed by atoms with Gasteiger partial charge in [-0.05, 0) is 6.07 Å². The Morgan fingerprint density at radius 2 is 2.26 bits per heavy atom. The van der Waals surface area contributed by atoms with Crippen molar-refractivity contribution in [2.24, 2.45) is 0 Å². The van der Waals surface area contributed by atoms with Gasteiger partial charge in [0.2, 0.25) is 5.91 Å². The molecule has 5 nitrogen and oxygen atoms in total. The molecular formula is C16H17ClN2O3S. The monoisotopic (exact) mass is 352 g/mol. The molecule has 1 N–H and O–H groups in total. The number of benzene rings is 1. The van der Waals surface area contributed by atoms with E-state index in [0.29, 0.717) is 19.6 Å². The lowest BCUT2D eigenvalue weighted by atomic mass is 10.1. The summed E-state index contributed by atoms with van der Waals surface area (Å²) in [7, 11) is 1.33. The average molecular weight is 353 g/mol. The molecule has 1 saturated heterocycles. The minimum Gasteiger partial charge on any atom is -0.469 e. The lowest BCUT2D eigenvalue weighted by Gasteiger charge is -2.34. The molecular weight excluding hydrogens is 336 g/mol. The van der Waals surface area contributed by atoms with E-state index in [4.69, 9.17) is 16.3 Å². The molecule has 3 rings (SSSR count). The Labute approximate surface area is 143 Å². The van der Waals surface area contributed by atoms with Crippen molar-refractivity contribution in [1.82, 2.24) is 10.2 Å². The summed E-state index contributed by atoms with van der Waals surface area (Å²) in [6, 6.07) is 7.45. The van der Waals surface area contributed by atoms with Crippen molar-refractivity contribution in [1.29, 1.82) is 0 Å². The van der Waals surface area contributed by atoms with Crippen LogP contribution in [0.5, 0.6) is 0 Å². The van der Waals surface area contributed by atoms with Crippen LogP contribution in [-0.2, 0) is 20.9 Å². The molecule has 1 fully saturated rings. The maximum atomic E-state index is 12.1. The molecule has 23 heavy (non-hydrogen) atoms. The minimum absolute atomic E-state index is 0.0465. The molecule has 2 aromatic rings. The van der Waals surface area contributed by atoms with Crippen molar-refractivity contribution >= 4 is 44.9 Å². The summed E-state index contributed by atoms with van der Waals surface area (Å²) in [5.41, 5.74) is 0. The van der Waals surface area contributed by atoms with E-state index >= 15 is 0 Å². The molecule has 0 saturated carbocycles. The fourth-order valence-corrected chi connectivity index (χ4v) is 4.28. The number of halogens is 1. The summed E-state index contributed by atoms with van der Waals surface area (Å²) < 4.78 is 5.83. The number of hydrogen-bond donors (Lipinski definition) is 1. The third kappa shape index (κ3) is 3.34. The normalized spacial score (nSPS) is 18.9. The number of thiophene rings is 1. The van der Waals surface area contributed by atoms with Crippen molar-refractivity contribution in [3.8, 4) is 0 Å². The van der Waals surface area contributed by atoms with E-state index in [1.165, 1.54) is 7.11 Å². The molecule has 1 aliphatic rings. The zero-order valence-corrected chi connectivity index (χ0v) is 14.2. The van der Waals surface area contributed by atoms with Gasteiger partial charge in [-0.2, -0.15) is 0 Å². The Morgan fingerprint density at radius 1 is 1.48 bits per heavy atom.